The van der Waals surface area contributed by atoms with Crippen LogP contribution in [0.25, 0.3) is 10.9 Å². The number of hydrogen-bond acceptors (Lipinski definition) is 6. The zero-order chi connectivity index (χ0) is 22.8. The number of rotatable bonds is 11. The van der Waals surface area contributed by atoms with E-state index in [2.05, 4.69) is 34.6 Å². The number of aryl methyl sites for hydroxylation is 1. The van der Waals surface area contributed by atoms with Gasteiger partial charge in [-0.15, -0.1) is 0 Å². The summed E-state index contributed by atoms with van der Waals surface area (Å²) >= 11 is 0. The maximum Gasteiger partial charge on any atom is 0.343 e. The average molecular weight is 438 g/mol. The number of ether oxygens (including phenoxy) is 1. The Labute approximate surface area is 190 Å². The molecule has 0 atom stereocenters. The third-order valence-corrected chi connectivity index (χ3v) is 5.79. The third kappa shape index (κ3) is 6.31. The summed E-state index contributed by atoms with van der Waals surface area (Å²) in [5, 5.41) is 14.6. The number of aliphatic hydroxyl groups is 1. The van der Waals surface area contributed by atoms with Crippen LogP contribution in [0.1, 0.15) is 63.6 Å². The highest BCUT2D eigenvalue weighted by Gasteiger charge is 2.17. The molecular weight excluding hydrogens is 402 g/mol. The second-order valence-electron chi connectivity index (χ2n) is 8.23. The van der Waals surface area contributed by atoms with Crippen LogP contribution in [0.5, 0.6) is 0 Å². The number of fused-ring (bicyclic) bond motifs is 2. The van der Waals surface area contributed by atoms with E-state index < -0.39 is 5.97 Å². The molecule has 3 rings (SSSR count). The fourth-order valence-electron chi connectivity index (χ4n) is 4.13. The number of aliphatic hydroxyl groups excluding tert-OH is 1. The molecule has 2 N–H and O–H groups in total. The molecule has 0 saturated carbocycles. The summed E-state index contributed by atoms with van der Waals surface area (Å²) in [7, 11) is 0. The van der Waals surface area contributed by atoms with Gasteiger partial charge in [-0.3, -0.25) is 9.98 Å². The highest BCUT2D eigenvalue weighted by atomic mass is 16.5. The van der Waals surface area contributed by atoms with Crippen molar-refractivity contribution in [2.75, 3.05) is 25.0 Å². The molecule has 2 aromatic rings. The van der Waals surface area contributed by atoms with Crippen molar-refractivity contribution < 1.29 is 14.6 Å². The standard InChI is InChI=1S/C26H35N3O3/c1-3-32-26(31)22(19(2)30)18-27-16-10-4-5-11-17-28-25-20-12-6-8-14-23(20)29-24-15-9-7-13-21(24)25/h6,8,12,14,18,30H,3-5,7,9-11,13,15-17H2,1-2H3,(H,28,29)/b22-19+,27-18?. The summed E-state index contributed by atoms with van der Waals surface area (Å²) in [5.41, 5.74) is 5.18. The molecule has 0 radical (unpaired) electrons. The van der Waals surface area contributed by atoms with Gasteiger partial charge in [0.25, 0.3) is 0 Å². The molecule has 0 saturated heterocycles. The number of allylic oxidation sites excluding steroid dienone is 1. The first-order valence-electron chi connectivity index (χ1n) is 11.8. The molecule has 32 heavy (non-hydrogen) atoms. The number of pyridine rings is 1. The lowest BCUT2D eigenvalue weighted by molar-refractivity contribution is -0.138. The van der Waals surface area contributed by atoms with Crippen molar-refractivity contribution in [3.05, 3.63) is 46.9 Å². The van der Waals surface area contributed by atoms with E-state index in [9.17, 15) is 9.90 Å². The molecule has 1 aliphatic rings. The summed E-state index contributed by atoms with van der Waals surface area (Å²) in [4.78, 5) is 21.0. The lowest BCUT2D eigenvalue weighted by atomic mass is 9.92. The molecule has 0 fully saturated rings. The van der Waals surface area contributed by atoms with Crippen molar-refractivity contribution in [3.63, 3.8) is 0 Å². The van der Waals surface area contributed by atoms with Crippen molar-refractivity contribution in [1.29, 1.82) is 0 Å². The number of hydrogen-bond donors (Lipinski definition) is 2. The van der Waals surface area contributed by atoms with Gasteiger partial charge >= 0.3 is 5.97 Å². The topological polar surface area (TPSA) is 83.8 Å². The number of nitrogens with one attached hydrogen (secondary N) is 1. The molecular formula is C26H35N3O3. The molecule has 6 heteroatoms. The van der Waals surface area contributed by atoms with Crippen LogP contribution in [0.2, 0.25) is 0 Å². The molecule has 0 bridgehead atoms. The lowest BCUT2D eigenvalue weighted by Gasteiger charge is -2.21. The van der Waals surface area contributed by atoms with E-state index in [0.717, 1.165) is 50.6 Å². The number of benzene rings is 1. The predicted molar refractivity (Wildman–Crippen MR) is 131 cm³/mol. The van der Waals surface area contributed by atoms with Crippen LogP contribution in [-0.2, 0) is 22.4 Å². The van der Waals surface area contributed by atoms with E-state index >= 15 is 0 Å². The van der Waals surface area contributed by atoms with Crippen molar-refractivity contribution in [2.24, 2.45) is 4.99 Å². The summed E-state index contributed by atoms with van der Waals surface area (Å²) in [6, 6.07) is 8.43. The number of nitrogens with zero attached hydrogens (tertiary/aromatic N) is 2. The van der Waals surface area contributed by atoms with Crippen LogP contribution >= 0.6 is 0 Å². The molecule has 0 amide bonds. The molecule has 0 aliphatic heterocycles. The quantitative estimate of drug-likeness (QED) is 0.158. The molecule has 1 aliphatic carbocycles. The summed E-state index contributed by atoms with van der Waals surface area (Å²) < 4.78 is 4.93. The number of carbonyl (C=O) groups is 1. The van der Waals surface area contributed by atoms with Crippen LogP contribution in [0.3, 0.4) is 0 Å². The Kier molecular flexibility index (Phi) is 9.08. The van der Waals surface area contributed by atoms with E-state index in [-0.39, 0.29) is 17.9 Å². The zero-order valence-corrected chi connectivity index (χ0v) is 19.3. The minimum atomic E-state index is -0.534. The second kappa shape index (κ2) is 12.2. The van der Waals surface area contributed by atoms with Crippen molar-refractivity contribution in [3.8, 4) is 0 Å². The Balaban J connectivity index is 1.44. The van der Waals surface area contributed by atoms with Crippen molar-refractivity contribution in [1.82, 2.24) is 4.98 Å². The minimum Gasteiger partial charge on any atom is -0.512 e. The van der Waals surface area contributed by atoms with Gasteiger partial charge in [0.1, 0.15) is 11.3 Å². The highest BCUT2D eigenvalue weighted by Crippen LogP contribution is 2.33. The van der Waals surface area contributed by atoms with Gasteiger partial charge in [-0.05, 0) is 64.0 Å². The molecule has 1 aromatic heterocycles. The number of anilines is 1. The number of carbonyl (C=O) groups excluding carboxylic acids is 1. The van der Waals surface area contributed by atoms with E-state index in [0.29, 0.717) is 6.54 Å². The normalized spacial score (nSPS) is 14.3. The van der Waals surface area contributed by atoms with Gasteiger partial charge in [0.2, 0.25) is 0 Å². The first-order valence-corrected chi connectivity index (χ1v) is 11.8. The van der Waals surface area contributed by atoms with Gasteiger partial charge in [0.15, 0.2) is 0 Å². The fraction of sp³-hybridized carbons (Fsp3) is 0.500. The van der Waals surface area contributed by atoms with Crippen LogP contribution in [0, 0.1) is 0 Å². The van der Waals surface area contributed by atoms with Gasteiger partial charge in [-0.2, -0.15) is 0 Å². The Morgan fingerprint density at radius 3 is 2.78 bits per heavy atom. The monoisotopic (exact) mass is 437 g/mol. The smallest absolute Gasteiger partial charge is 0.343 e. The maximum atomic E-state index is 11.8. The van der Waals surface area contributed by atoms with Gasteiger partial charge in [-0.1, -0.05) is 31.0 Å². The number of esters is 1. The fourth-order valence-corrected chi connectivity index (χ4v) is 4.13. The van der Waals surface area contributed by atoms with E-state index in [1.54, 1.807) is 6.92 Å². The summed E-state index contributed by atoms with van der Waals surface area (Å²) in [6.45, 7) is 5.05. The maximum absolute atomic E-state index is 11.8. The van der Waals surface area contributed by atoms with Crippen LogP contribution < -0.4 is 5.32 Å². The molecule has 6 nitrogen and oxygen atoms in total. The first-order chi connectivity index (χ1) is 15.6. The Morgan fingerprint density at radius 1 is 1.19 bits per heavy atom. The SMILES string of the molecule is CCOC(=O)/C(C=NCCCCCCNc1c2c(nc3ccccc13)CCCC2)=C(\C)O. The van der Waals surface area contributed by atoms with E-state index in [1.807, 2.05) is 0 Å². The van der Waals surface area contributed by atoms with Crippen molar-refractivity contribution >= 4 is 28.8 Å². The number of aliphatic imine (C=N–C) groups is 1. The van der Waals surface area contributed by atoms with Crippen molar-refractivity contribution in [2.45, 2.75) is 65.2 Å². The lowest BCUT2D eigenvalue weighted by Crippen LogP contribution is -2.12. The molecule has 172 valence electrons. The van der Waals surface area contributed by atoms with E-state index in [1.165, 1.54) is 48.3 Å². The average Bonchev–Trinajstić information content (AvgIpc) is 2.79. The Morgan fingerprint density at radius 2 is 1.97 bits per heavy atom. The van der Waals surface area contributed by atoms with Crippen LogP contribution in [-0.4, -0.2) is 42.0 Å². The molecule has 0 unspecified atom stereocenters. The second-order valence-corrected chi connectivity index (χ2v) is 8.23. The Bertz CT molecular complexity index is 978. The zero-order valence-electron chi connectivity index (χ0n) is 19.3. The molecule has 0 spiro atoms. The predicted octanol–water partition coefficient (Wildman–Crippen LogP) is 5.55. The molecule has 1 heterocycles. The third-order valence-electron chi connectivity index (χ3n) is 5.79. The highest BCUT2D eigenvalue weighted by molar-refractivity contribution is 6.09. The van der Waals surface area contributed by atoms with E-state index in [4.69, 9.17) is 9.72 Å². The van der Waals surface area contributed by atoms with Gasteiger partial charge in [0.05, 0.1) is 12.1 Å². The largest absolute Gasteiger partial charge is 0.512 e. The number of para-hydroxylation sites is 1. The van der Waals surface area contributed by atoms with Gasteiger partial charge in [-0.25, -0.2) is 4.79 Å². The molecule has 1 aromatic carbocycles. The minimum absolute atomic E-state index is 0.0656. The van der Waals surface area contributed by atoms with Crippen LogP contribution in [0.15, 0.2) is 40.6 Å². The first kappa shape index (κ1) is 23.8. The van der Waals surface area contributed by atoms with Gasteiger partial charge in [0, 0.05) is 36.1 Å². The summed E-state index contributed by atoms with van der Waals surface area (Å²) in [6.07, 6.45) is 10.3. The Hall–Kier alpha value is -2.89. The number of aromatic nitrogens is 1. The summed E-state index contributed by atoms with van der Waals surface area (Å²) in [5.74, 6) is -0.600. The van der Waals surface area contributed by atoms with Gasteiger partial charge < -0.3 is 15.2 Å². The van der Waals surface area contributed by atoms with Crippen LogP contribution in [0.4, 0.5) is 5.69 Å². The number of unbranched alkanes of at least 4 members (excludes halogenated alkanes) is 3.